The molecule has 0 radical (unpaired) electrons. The van der Waals surface area contributed by atoms with Gasteiger partial charge < -0.3 is 10.4 Å². The number of fused-ring (bicyclic) bond motifs is 1. The van der Waals surface area contributed by atoms with Crippen LogP contribution >= 0.6 is 11.6 Å². The van der Waals surface area contributed by atoms with Crippen LogP contribution in [0.3, 0.4) is 0 Å². The number of nitrogens with one attached hydrogen (secondary N) is 1. The highest BCUT2D eigenvalue weighted by Gasteiger charge is 2.28. The fraction of sp³-hybridized carbons (Fsp3) is 0.222. The van der Waals surface area contributed by atoms with Crippen LogP contribution in [-0.4, -0.2) is 17.1 Å². The zero-order chi connectivity index (χ0) is 10.3. The van der Waals surface area contributed by atoms with E-state index in [9.17, 15) is 9.18 Å². The van der Waals surface area contributed by atoms with Crippen LogP contribution in [0.15, 0.2) is 12.1 Å². The maximum absolute atomic E-state index is 13.0. The van der Waals surface area contributed by atoms with Crippen molar-refractivity contribution in [2.24, 2.45) is 0 Å². The van der Waals surface area contributed by atoms with Gasteiger partial charge >= 0.3 is 5.97 Å². The lowest BCUT2D eigenvalue weighted by atomic mass is 10.1. The van der Waals surface area contributed by atoms with Crippen molar-refractivity contribution in [2.75, 3.05) is 5.32 Å². The van der Waals surface area contributed by atoms with Crippen molar-refractivity contribution >= 4 is 23.3 Å². The van der Waals surface area contributed by atoms with Crippen molar-refractivity contribution in [3.8, 4) is 0 Å². The molecule has 1 aliphatic heterocycles. The van der Waals surface area contributed by atoms with Crippen LogP contribution in [-0.2, 0) is 11.2 Å². The van der Waals surface area contributed by atoms with Crippen molar-refractivity contribution < 1.29 is 14.3 Å². The monoisotopic (exact) mass is 215 g/mol. The summed E-state index contributed by atoms with van der Waals surface area (Å²) in [5.41, 5.74) is 1.14. The first kappa shape index (κ1) is 9.27. The minimum Gasteiger partial charge on any atom is -0.480 e. The standard InChI is InChI=1S/C9H7ClFNO2/c10-8-4-3-7(9(13)14)12-6(4)2-1-5(8)11/h1-2,7,12H,3H2,(H,13,14). The van der Waals surface area contributed by atoms with E-state index in [4.69, 9.17) is 16.7 Å². The van der Waals surface area contributed by atoms with E-state index >= 15 is 0 Å². The summed E-state index contributed by atoms with van der Waals surface area (Å²) in [6.45, 7) is 0. The summed E-state index contributed by atoms with van der Waals surface area (Å²) in [4.78, 5) is 10.7. The molecular weight excluding hydrogens is 209 g/mol. The summed E-state index contributed by atoms with van der Waals surface area (Å²) >= 11 is 5.70. The molecule has 0 saturated carbocycles. The number of rotatable bonds is 1. The lowest BCUT2D eigenvalue weighted by Crippen LogP contribution is -2.26. The molecule has 0 aromatic heterocycles. The lowest BCUT2D eigenvalue weighted by molar-refractivity contribution is -0.137. The van der Waals surface area contributed by atoms with Crippen molar-refractivity contribution in [1.82, 2.24) is 0 Å². The zero-order valence-electron chi connectivity index (χ0n) is 7.05. The molecular formula is C9H7ClFNO2. The molecule has 3 nitrogen and oxygen atoms in total. The Kier molecular flexibility index (Phi) is 2.07. The predicted molar refractivity (Wildman–Crippen MR) is 50.2 cm³/mol. The maximum Gasteiger partial charge on any atom is 0.326 e. The third kappa shape index (κ3) is 1.32. The van der Waals surface area contributed by atoms with E-state index in [1.807, 2.05) is 0 Å². The van der Waals surface area contributed by atoms with Gasteiger partial charge in [-0.1, -0.05) is 11.6 Å². The van der Waals surface area contributed by atoms with Gasteiger partial charge in [0.1, 0.15) is 11.9 Å². The van der Waals surface area contributed by atoms with Crippen LogP contribution in [0.2, 0.25) is 5.02 Å². The Balaban J connectivity index is 2.40. The van der Waals surface area contributed by atoms with Gasteiger partial charge in [0, 0.05) is 12.1 Å². The number of benzene rings is 1. The van der Waals surface area contributed by atoms with Gasteiger partial charge in [-0.05, 0) is 17.7 Å². The van der Waals surface area contributed by atoms with Gasteiger partial charge in [0.05, 0.1) is 5.02 Å². The molecule has 1 heterocycles. The summed E-state index contributed by atoms with van der Waals surface area (Å²) in [7, 11) is 0. The third-order valence-corrected chi connectivity index (χ3v) is 2.64. The fourth-order valence-corrected chi connectivity index (χ4v) is 1.76. The largest absolute Gasteiger partial charge is 0.480 e. The van der Waals surface area contributed by atoms with Crippen LogP contribution in [0, 0.1) is 5.82 Å². The lowest BCUT2D eigenvalue weighted by Gasteiger charge is -2.03. The molecule has 0 saturated heterocycles. The molecule has 1 aromatic carbocycles. The second kappa shape index (κ2) is 3.13. The van der Waals surface area contributed by atoms with Gasteiger partial charge in [0.25, 0.3) is 0 Å². The van der Waals surface area contributed by atoms with Crippen molar-refractivity contribution in [2.45, 2.75) is 12.5 Å². The quantitative estimate of drug-likeness (QED) is 0.752. The minimum absolute atomic E-state index is 0.0127. The van der Waals surface area contributed by atoms with Crippen LogP contribution < -0.4 is 5.32 Å². The normalized spacial score (nSPS) is 18.9. The summed E-state index contributed by atoms with van der Waals surface area (Å²) in [6, 6.07) is 2.02. The van der Waals surface area contributed by atoms with Crippen molar-refractivity contribution in [3.05, 3.63) is 28.5 Å². The highest BCUT2D eigenvalue weighted by molar-refractivity contribution is 6.32. The molecule has 5 heteroatoms. The molecule has 1 unspecified atom stereocenters. The second-order valence-corrected chi connectivity index (χ2v) is 3.50. The first-order valence-corrected chi connectivity index (χ1v) is 4.43. The molecule has 1 aromatic rings. The van der Waals surface area contributed by atoms with Gasteiger partial charge in [-0.25, -0.2) is 9.18 Å². The van der Waals surface area contributed by atoms with E-state index < -0.39 is 17.8 Å². The van der Waals surface area contributed by atoms with E-state index in [2.05, 4.69) is 5.32 Å². The smallest absolute Gasteiger partial charge is 0.326 e. The van der Waals surface area contributed by atoms with Crippen molar-refractivity contribution in [1.29, 1.82) is 0 Å². The highest BCUT2D eigenvalue weighted by Crippen LogP contribution is 2.33. The number of carbonyl (C=O) groups is 1. The number of anilines is 1. The Hall–Kier alpha value is -1.29. The number of carboxylic acids is 1. The predicted octanol–water partition coefficient (Wildman–Crippen LogP) is 1.90. The maximum atomic E-state index is 13.0. The average molecular weight is 216 g/mol. The number of halogens is 2. The van der Waals surface area contributed by atoms with E-state index in [1.165, 1.54) is 12.1 Å². The van der Waals surface area contributed by atoms with Gasteiger partial charge in [-0.15, -0.1) is 0 Å². The zero-order valence-corrected chi connectivity index (χ0v) is 7.81. The third-order valence-electron chi connectivity index (χ3n) is 2.23. The molecule has 2 N–H and O–H groups in total. The molecule has 14 heavy (non-hydrogen) atoms. The number of hydrogen-bond donors (Lipinski definition) is 2. The molecule has 1 aliphatic rings. The summed E-state index contributed by atoms with van der Waals surface area (Å²) in [5.74, 6) is -1.48. The van der Waals surface area contributed by atoms with Crippen LogP contribution in [0.4, 0.5) is 10.1 Å². The minimum atomic E-state index is -0.960. The first-order valence-electron chi connectivity index (χ1n) is 4.06. The highest BCUT2D eigenvalue weighted by atomic mass is 35.5. The number of hydrogen-bond acceptors (Lipinski definition) is 2. The Labute approximate surface area is 84.5 Å². The van der Waals surface area contributed by atoms with Gasteiger partial charge in [0.15, 0.2) is 0 Å². The van der Waals surface area contributed by atoms with Gasteiger partial charge in [-0.3, -0.25) is 0 Å². The fourth-order valence-electron chi connectivity index (χ4n) is 1.52. The average Bonchev–Trinajstić information content (AvgIpc) is 2.56. The molecule has 0 bridgehead atoms. The molecule has 0 fully saturated rings. The Morgan fingerprint density at radius 2 is 2.36 bits per heavy atom. The van der Waals surface area contributed by atoms with E-state index in [-0.39, 0.29) is 11.4 Å². The first-order chi connectivity index (χ1) is 6.59. The second-order valence-electron chi connectivity index (χ2n) is 3.13. The number of carboxylic acid groups (broad SMARTS) is 1. The Morgan fingerprint density at radius 3 is 3.00 bits per heavy atom. The van der Waals surface area contributed by atoms with E-state index in [0.717, 1.165) is 0 Å². The Bertz CT molecular complexity index is 408. The topological polar surface area (TPSA) is 49.3 Å². The SMILES string of the molecule is O=C(O)C1Cc2c(ccc(F)c2Cl)N1. The van der Waals surface area contributed by atoms with Gasteiger partial charge in [-0.2, -0.15) is 0 Å². The summed E-state index contributed by atoms with van der Waals surface area (Å²) in [5, 5.41) is 11.5. The molecule has 1 atom stereocenters. The molecule has 2 rings (SSSR count). The number of aliphatic carboxylic acids is 1. The van der Waals surface area contributed by atoms with Gasteiger partial charge in [0.2, 0.25) is 0 Å². The summed E-state index contributed by atoms with van der Waals surface area (Å²) < 4.78 is 13.0. The Morgan fingerprint density at radius 1 is 1.64 bits per heavy atom. The summed E-state index contributed by atoms with van der Waals surface area (Å²) in [6.07, 6.45) is 0.223. The van der Waals surface area contributed by atoms with Crippen molar-refractivity contribution in [3.63, 3.8) is 0 Å². The molecule has 0 spiro atoms. The molecule has 74 valence electrons. The molecule has 0 aliphatic carbocycles. The molecule has 0 amide bonds. The van der Waals surface area contributed by atoms with Crippen LogP contribution in [0.5, 0.6) is 0 Å². The van der Waals surface area contributed by atoms with E-state index in [0.29, 0.717) is 11.3 Å². The van der Waals surface area contributed by atoms with E-state index in [1.54, 1.807) is 0 Å². The van der Waals surface area contributed by atoms with Crippen LogP contribution in [0.1, 0.15) is 5.56 Å². The van der Waals surface area contributed by atoms with Crippen LogP contribution in [0.25, 0.3) is 0 Å².